The Morgan fingerprint density at radius 3 is 2.09 bits per heavy atom. The van der Waals surface area contributed by atoms with Gasteiger partial charge in [-0.3, -0.25) is 20.4 Å². The predicted octanol–water partition coefficient (Wildman–Crippen LogP) is 2.98. The SMILES string of the molecule is CCCCCCOc1ccc(C(=O)NNC(=O)c2ccc(OC)c(S(=O)(=O)N(C)C)c2)cc1. The maximum absolute atomic E-state index is 12.5. The molecular formula is C23H31N3O6S. The van der Waals surface area contributed by atoms with E-state index in [0.29, 0.717) is 17.9 Å². The number of unbranched alkanes of at least 4 members (excludes halogenated alkanes) is 3. The Morgan fingerprint density at radius 2 is 1.52 bits per heavy atom. The van der Waals surface area contributed by atoms with Crippen molar-refractivity contribution in [2.45, 2.75) is 37.5 Å². The zero-order valence-electron chi connectivity index (χ0n) is 19.4. The molecule has 0 bridgehead atoms. The second-order valence-electron chi connectivity index (χ2n) is 7.49. The molecule has 0 saturated heterocycles. The monoisotopic (exact) mass is 477 g/mol. The van der Waals surface area contributed by atoms with E-state index in [1.807, 2.05) is 0 Å². The van der Waals surface area contributed by atoms with Gasteiger partial charge >= 0.3 is 0 Å². The fraction of sp³-hybridized carbons (Fsp3) is 0.391. The van der Waals surface area contributed by atoms with Crippen molar-refractivity contribution >= 4 is 21.8 Å². The van der Waals surface area contributed by atoms with Gasteiger partial charge < -0.3 is 9.47 Å². The summed E-state index contributed by atoms with van der Waals surface area (Å²) in [5.41, 5.74) is 4.99. The van der Waals surface area contributed by atoms with E-state index >= 15 is 0 Å². The largest absolute Gasteiger partial charge is 0.495 e. The third kappa shape index (κ3) is 7.19. The minimum absolute atomic E-state index is 0.0448. The number of hydrazine groups is 1. The van der Waals surface area contributed by atoms with Crippen molar-refractivity contribution < 1.29 is 27.5 Å². The van der Waals surface area contributed by atoms with Gasteiger partial charge in [-0.05, 0) is 48.9 Å². The average molecular weight is 478 g/mol. The Hall–Kier alpha value is -3.11. The number of hydrogen-bond acceptors (Lipinski definition) is 6. The molecule has 0 aliphatic heterocycles. The third-order valence-corrected chi connectivity index (χ3v) is 6.69. The van der Waals surface area contributed by atoms with Gasteiger partial charge in [0.2, 0.25) is 10.0 Å². The van der Waals surface area contributed by atoms with Crippen LogP contribution in [0.15, 0.2) is 47.4 Å². The summed E-state index contributed by atoms with van der Waals surface area (Å²) in [5.74, 6) is -0.419. The lowest BCUT2D eigenvalue weighted by molar-refractivity contribution is 0.0846. The van der Waals surface area contributed by atoms with E-state index in [1.54, 1.807) is 24.3 Å². The van der Waals surface area contributed by atoms with Gasteiger partial charge in [-0.15, -0.1) is 0 Å². The van der Waals surface area contributed by atoms with Gasteiger partial charge in [-0.1, -0.05) is 26.2 Å². The van der Waals surface area contributed by atoms with Crippen LogP contribution in [0.1, 0.15) is 53.3 Å². The number of nitrogens with one attached hydrogen (secondary N) is 2. The zero-order valence-corrected chi connectivity index (χ0v) is 20.2. The average Bonchev–Trinajstić information content (AvgIpc) is 2.82. The minimum Gasteiger partial charge on any atom is -0.495 e. The van der Waals surface area contributed by atoms with Gasteiger partial charge in [0.25, 0.3) is 11.8 Å². The molecule has 0 aromatic heterocycles. The van der Waals surface area contributed by atoms with E-state index in [2.05, 4.69) is 17.8 Å². The lowest BCUT2D eigenvalue weighted by Gasteiger charge is -2.15. The van der Waals surface area contributed by atoms with E-state index in [1.165, 1.54) is 45.8 Å². The first-order chi connectivity index (χ1) is 15.7. The fourth-order valence-corrected chi connectivity index (χ4v) is 3.97. The Labute approximate surface area is 195 Å². The molecule has 0 radical (unpaired) electrons. The van der Waals surface area contributed by atoms with Gasteiger partial charge in [0.05, 0.1) is 13.7 Å². The molecule has 0 atom stereocenters. The standard InChI is InChI=1S/C23H31N3O6S/c1-5-6-7-8-15-32-19-12-9-17(10-13-19)22(27)24-25-23(28)18-11-14-20(31-4)21(16-18)33(29,30)26(2)3/h9-14,16H,5-8,15H2,1-4H3,(H,24,27)(H,25,28). The van der Waals surface area contributed by atoms with Crippen LogP contribution < -0.4 is 20.3 Å². The van der Waals surface area contributed by atoms with Crippen LogP contribution in [0.25, 0.3) is 0 Å². The van der Waals surface area contributed by atoms with Crippen LogP contribution in [-0.4, -0.2) is 52.3 Å². The van der Waals surface area contributed by atoms with Crippen LogP contribution in [0.3, 0.4) is 0 Å². The van der Waals surface area contributed by atoms with E-state index < -0.39 is 21.8 Å². The Bertz CT molecular complexity index is 1050. The fourth-order valence-electron chi connectivity index (χ4n) is 2.90. The molecule has 0 spiro atoms. The second-order valence-corrected chi connectivity index (χ2v) is 9.62. The quantitative estimate of drug-likeness (QED) is 0.380. The lowest BCUT2D eigenvalue weighted by atomic mass is 10.2. The molecule has 0 aliphatic rings. The smallest absolute Gasteiger partial charge is 0.269 e. The van der Waals surface area contributed by atoms with Gasteiger partial charge in [0, 0.05) is 25.2 Å². The summed E-state index contributed by atoms with van der Waals surface area (Å²) in [7, 11) is 0.262. The van der Waals surface area contributed by atoms with Crippen LogP contribution >= 0.6 is 0 Å². The Kier molecular flexibility index (Phi) is 9.68. The van der Waals surface area contributed by atoms with E-state index in [9.17, 15) is 18.0 Å². The summed E-state index contributed by atoms with van der Waals surface area (Å²) in [6, 6.07) is 10.6. The molecule has 10 heteroatoms. The van der Waals surface area contributed by atoms with Crippen molar-refractivity contribution in [3.8, 4) is 11.5 Å². The molecule has 0 unspecified atom stereocenters. The first kappa shape index (κ1) is 26.1. The second kappa shape index (κ2) is 12.2. The van der Waals surface area contributed by atoms with Gasteiger partial charge in [-0.25, -0.2) is 12.7 Å². The molecule has 9 nitrogen and oxygen atoms in total. The molecule has 0 saturated carbocycles. The number of nitrogens with zero attached hydrogens (tertiary/aromatic N) is 1. The van der Waals surface area contributed by atoms with Gasteiger partial charge in [-0.2, -0.15) is 0 Å². The molecule has 2 N–H and O–H groups in total. The summed E-state index contributed by atoms with van der Waals surface area (Å²) in [6.45, 7) is 2.77. The molecule has 2 aromatic carbocycles. The maximum atomic E-state index is 12.5. The van der Waals surface area contributed by atoms with E-state index in [4.69, 9.17) is 9.47 Å². The molecule has 2 amide bonds. The van der Waals surface area contributed by atoms with Crippen LogP contribution in [-0.2, 0) is 10.0 Å². The maximum Gasteiger partial charge on any atom is 0.269 e. The molecule has 2 rings (SSSR count). The number of carbonyl (C=O) groups is 2. The molecular weight excluding hydrogens is 446 g/mol. The highest BCUT2D eigenvalue weighted by Crippen LogP contribution is 2.26. The molecule has 180 valence electrons. The molecule has 33 heavy (non-hydrogen) atoms. The molecule has 0 fully saturated rings. The van der Waals surface area contributed by atoms with E-state index in [-0.39, 0.29) is 16.2 Å². The van der Waals surface area contributed by atoms with Crippen molar-refractivity contribution in [3.63, 3.8) is 0 Å². The Balaban J connectivity index is 1.98. The van der Waals surface area contributed by atoms with Crippen molar-refractivity contribution in [1.82, 2.24) is 15.2 Å². The summed E-state index contributed by atoms with van der Waals surface area (Å²) < 4.78 is 36.8. The number of hydrogen-bond donors (Lipinski definition) is 2. The number of benzene rings is 2. The van der Waals surface area contributed by atoms with Gasteiger partial charge in [0.1, 0.15) is 16.4 Å². The number of rotatable bonds is 11. The van der Waals surface area contributed by atoms with Crippen molar-refractivity contribution in [2.24, 2.45) is 0 Å². The summed E-state index contributed by atoms with van der Waals surface area (Å²) in [6.07, 6.45) is 4.44. The number of ether oxygens (including phenoxy) is 2. The molecule has 0 heterocycles. The van der Waals surface area contributed by atoms with Crippen molar-refractivity contribution in [2.75, 3.05) is 27.8 Å². The summed E-state index contributed by atoms with van der Waals surface area (Å²) in [5, 5.41) is 0. The number of amides is 2. The van der Waals surface area contributed by atoms with Crippen LogP contribution in [0.4, 0.5) is 0 Å². The normalized spacial score (nSPS) is 11.2. The highest BCUT2D eigenvalue weighted by molar-refractivity contribution is 7.89. The first-order valence-electron chi connectivity index (χ1n) is 10.6. The molecule has 0 aliphatic carbocycles. The highest BCUT2D eigenvalue weighted by atomic mass is 32.2. The zero-order chi connectivity index (χ0) is 24.4. The third-order valence-electron chi connectivity index (χ3n) is 4.86. The first-order valence-corrected chi connectivity index (χ1v) is 12.1. The molecule has 2 aromatic rings. The number of methoxy groups -OCH3 is 1. The topological polar surface area (TPSA) is 114 Å². The van der Waals surface area contributed by atoms with E-state index in [0.717, 1.165) is 23.6 Å². The lowest BCUT2D eigenvalue weighted by Crippen LogP contribution is -2.41. The van der Waals surface area contributed by atoms with Crippen LogP contribution in [0, 0.1) is 0 Å². The van der Waals surface area contributed by atoms with Crippen LogP contribution in [0.5, 0.6) is 11.5 Å². The number of sulfonamides is 1. The Morgan fingerprint density at radius 1 is 0.909 bits per heavy atom. The number of carbonyl (C=O) groups excluding carboxylic acids is 2. The predicted molar refractivity (Wildman–Crippen MR) is 125 cm³/mol. The summed E-state index contributed by atoms with van der Waals surface area (Å²) in [4.78, 5) is 24.7. The van der Waals surface area contributed by atoms with Crippen molar-refractivity contribution in [3.05, 3.63) is 53.6 Å². The summed E-state index contributed by atoms with van der Waals surface area (Å²) >= 11 is 0. The van der Waals surface area contributed by atoms with Crippen molar-refractivity contribution in [1.29, 1.82) is 0 Å². The van der Waals surface area contributed by atoms with Crippen LogP contribution in [0.2, 0.25) is 0 Å². The minimum atomic E-state index is -3.84. The van der Waals surface area contributed by atoms with Gasteiger partial charge in [0.15, 0.2) is 0 Å². The highest BCUT2D eigenvalue weighted by Gasteiger charge is 2.24.